The number of hydrogen-bond donors (Lipinski definition) is 1. The monoisotopic (exact) mass is 416 g/mol. The molecule has 0 saturated carbocycles. The van der Waals surface area contributed by atoms with Crippen molar-refractivity contribution in [3.05, 3.63) is 95.6 Å². The van der Waals surface area contributed by atoms with E-state index in [9.17, 15) is 9.59 Å². The molecule has 0 radical (unpaired) electrons. The van der Waals surface area contributed by atoms with Crippen molar-refractivity contribution >= 4 is 29.3 Å². The molecule has 3 aromatic carbocycles. The molecule has 0 fully saturated rings. The Labute approximate surface area is 181 Å². The first-order valence-corrected chi connectivity index (χ1v) is 11.1. The first-order chi connectivity index (χ1) is 14.7. The first kappa shape index (κ1) is 20.2. The SMILES string of the molecule is O=C1CCSc2ccc(C(=O)N(CCc3ccccc3)Cc3ccccc3)cc2N1. The lowest BCUT2D eigenvalue weighted by Crippen LogP contribution is -2.32. The number of amides is 2. The van der Waals surface area contributed by atoms with E-state index in [1.54, 1.807) is 11.8 Å². The molecular formula is C25H24N2O2S. The van der Waals surface area contributed by atoms with Gasteiger partial charge in [0.15, 0.2) is 0 Å². The molecule has 2 amide bonds. The highest BCUT2D eigenvalue weighted by Crippen LogP contribution is 2.32. The highest BCUT2D eigenvalue weighted by Gasteiger charge is 2.20. The highest BCUT2D eigenvalue weighted by molar-refractivity contribution is 7.99. The molecule has 0 bridgehead atoms. The van der Waals surface area contributed by atoms with Crippen LogP contribution in [0.15, 0.2) is 83.8 Å². The molecule has 1 heterocycles. The van der Waals surface area contributed by atoms with Crippen LogP contribution in [0.25, 0.3) is 0 Å². The van der Waals surface area contributed by atoms with E-state index in [1.807, 2.05) is 71.6 Å². The molecule has 1 aliphatic rings. The number of hydrogen-bond acceptors (Lipinski definition) is 3. The minimum atomic E-state index is -0.0268. The second-order valence-electron chi connectivity index (χ2n) is 7.31. The topological polar surface area (TPSA) is 49.4 Å². The summed E-state index contributed by atoms with van der Waals surface area (Å²) in [6.45, 7) is 1.17. The molecule has 152 valence electrons. The predicted octanol–water partition coefficient (Wildman–Crippen LogP) is 5.01. The Bertz CT molecular complexity index is 1020. The van der Waals surface area contributed by atoms with Crippen LogP contribution in [0.5, 0.6) is 0 Å². The van der Waals surface area contributed by atoms with Gasteiger partial charge in [-0.25, -0.2) is 0 Å². The number of carbonyl (C=O) groups excluding carboxylic acids is 2. The lowest BCUT2D eigenvalue weighted by atomic mass is 10.1. The maximum Gasteiger partial charge on any atom is 0.254 e. The third-order valence-corrected chi connectivity index (χ3v) is 6.18. The predicted molar refractivity (Wildman–Crippen MR) is 122 cm³/mol. The average molecular weight is 417 g/mol. The van der Waals surface area contributed by atoms with E-state index in [0.717, 1.165) is 28.3 Å². The van der Waals surface area contributed by atoms with Crippen LogP contribution in [0.2, 0.25) is 0 Å². The molecule has 3 aromatic rings. The molecule has 0 unspecified atom stereocenters. The van der Waals surface area contributed by atoms with Crippen molar-refractivity contribution in [2.75, 3.05) is 17.6 Å². The number of rotatable bonds is 6. The van der Waals surface area contributed by atoms with E-state index in [4.69, 9.17) is 0 Å². The normalized spacial score (nSPS) is 13.1. The van der Waals surface area contributed by atoms with Crippen LogP contribution in [-0.2, 0) is 17.8 Å². The maximum absolute atomic E-state index is 13.4. The fourth-order valence-electron chi connectivity index (χ4n) is 3.50. The number of benzene rings is 3. The Morgan fingerprint density at radius 3 is 2.37 bits per heavy atom. The van der Waals surface area contributed by atoms with Gasteiger partial charge in [0.05, 0.1) is 5.69 Å². The number of carbonyl (C=O) groups is 2. The highest BCUT2D eigenvalue weighted by atomic mass is 32.2. The van der Waals surface area contributed by atoms with E-state index in [0.29, 0.717) is 25.1 Å². The number of anilines is 1. The maximum atomic E-state index is 13.4. The Kier molecular flexibility index (Phi) is 6.50. The van der Waals surface area contributed by atoms with Crippen molar-refractivity contribution in [3.8, 4) is 0 Å². The molecule has 4 rings (SSSR count). The van der Waals surface area contributed by atoms with Gasteiger partial charge in [-0.15, -0.1) is 11.8 Å². The van der Waals surface area contributed by atoms with Crippen molar-refractivity contribution in [1.82, 2.24) is 4.90 Å². The summed E-state index contributed by atoms with van der Waals surface area (Å²) < 4.78 is 0. The number of nitrogens with zero attached hydrogens (tertiary/aromatic N) is 1. The van der Waals surface area contributed by atoms with E-state index in [1.165, 1.54) is 5.56 Å². The molecule has 5 heteroatoms. The van der Waals surface area contributed by atoms with Crippen LogP contribution in [0, 0.1) is 0 Å². The zero-order chi connectivity index (χ0) is 20.8. The van der Waals surface area contributed by atoms with Gasteiger partial charge < -0.3 is 10.2 Å². The molecule has 0 aromatic heterocycles. The van der Waals surface area contributed by atoms with Gasteiger partial charge in [-0.1, -0.05) is 60.7 Å². The lowest BCUT2D eigenvalue weighted by molar-refractivity contribution is -0.115. The van der Waals surface area contributed by atoms with Gasteiger partial charge in [-0.3, -0.25) is 9.59 Å². The van der Waals surface area contributed by atoms with E-state index < -0.39 is 0 Å². The fraction of sp³-hybridized carbons (Fsp3) is 0.200. The van der Waals surface area contributed by atoms with Crippen LogP contribution in [-0.4, -0.2) is 29.0 Å². The van der Waals surface area contributed by atoms with Crippen molar-refractivity contribution < 1.29 is 9.59 Å². The van der Waals surface area contributed by atoms with Gasteiger partial charge in [-0.05, 0) is 35.7 Å². The fourth-order valence-corrected chi connectivity index (χ4v) is 4.44. The molecule has 0 spiro atoms. The molecular weight excluding hydrogens is 392 g/mol. The van der Waals surface area contributed by atoms with Crippen LogP contribution >= 0.6 is 11.8 Å². The van der Waals surface area contributed by atoms with Crippen molar-refractivity contribution in [1.29, 1.82) is 0 Å². The van der Waals surface area contributed by atoms with Crippen LogP contribution in [0.4, 0.5) is 5.69 Å². The van der Waals surface area contributed by atoms with Crippen LogP contribution in [0.1, 0.15) is 27.9 Å². The summed E-state index contributed by atoms with van der Waals surface area (Å²) in [6, 6.07) is 25.9. The van der Waals surface area contributed by atoms with Gasteiger partial charge in [0.25, 0.3) is 5.91 Å². The van der Waals surface area contributed by atoms with Gasteiger partial charge in [0.1, 0.15) is 0 Å². The molecule has 1 N–H and O–H groups in total. The number of nitrogens with one attached hydrogen (secondary N) is 1. The zero-order valence-corrected chi connectivity index (χ0v) is 17.5. The lowest BCUT2D eigenvalue weighted by Gasteiger charge is -2.24. The third kappa shape index (κ3) is 5.10. The van der Waals surface area contributed by atoms with Crippen molar-refractivity contribution in [3.63, 3.8) is 0 Å². The standard InChI is InChI=1S/C25H24N2O2S/c28-24-14-16-30-23-12-11-21(17-22(23)26-24)25(29)27(18-20-9-5-2-6-10-20)15-13-19-7-3-1-4-8-19/h1-12,17H,13-16,18H2,(H,26,28). The van der Waals surface area contributed by atoms with Gasteiger partial charge in [0.2, 0.25) is 5.91 Å². The Hall–Kier alpha value is -3.05. The number of thioether (sulfide) groups is 1. The molecule has 4 nitrogen and oxygen atoms in total. The largest absolute Gasteiger partial charge is 0.334 e. The van der Waals surface area contributed by atoms with E-state index in [-0.39, 0.29) is 11.8 Å². The summed E-state index contributed by atoms with van der Waals surface area (Å²) in [5.41, 5.74) is 3.63. The summed E-state index contributed by atoms with van der Waals surface area (Å²) in [5.74, 6) is 0.723. The number of fused-ring (bicyclic) bond motifs is 1. The Balaban J connectivity index is 1.57. The summed E-state index contributed by atoms with van der Waals surface area (Å²) in [5, 5.41) is 2.93. The van der Waals surface area contributed by atoms with E-state index >= 15 is 0 Å². The van der Waals surface area contributed by atoms with Gasteiger partial charge in [-0.2, -0.15) is 0 Å². The molecule has 1 aliphatic heterocycles. The summed E-state index contributed by atoms with van der Waals surface area (Å²) in [7, 11) is 0. The van der Waals surface area contributed by atoms with E-state index in [2.05, 4.69) is 17.4 Å². The summed E-state index contributed by atoms with van der Waals surface area (Å²) >= 11 is 1.64. The van der Waals surface area contributed by atoms with Crippen LogP contribution in [0.3, 0.4) is 0 Å². The molecule has 0 aliphatic carbocycles. The quantitative estimate of drug-likeness (QED) is 0.615. The summed E-state index contributed by atoms with van der Waals surface area (Å²) in [6.07, 6.45) is 1.27. The third-order valence-electron chi connectivity index (χ3n) is 5.10. The Morgan fingerprint density at radius 1 is 0.933 bits per heavy atom. The minimum Gasteiger partial charge on any atom is -0.334 e. The first-order valence-electron chi connectivity index (χ1n) is 10.1. The van der Waals surface area contributed by atoms with Crippen LogP contribution < -0.4 is 5.32 Å². The smallest absolute Gasteiger partial charge is 0.254 e. The Morgan fingerprint density at radius 2 is 1.63 bits per heavy atom. The average Bonchev–Trinajstić information content (AvgIpc) is 2.97. The molecule has 30 heavy (non-hydrogen) atoms. The summed E-state index contributed by atoms with van der Waals surface area (Å²) in [4.78, 5) is 28.3. The molecule has 0 atom stereocenters. The van der Waals surface area contributed by atoms with Gasteiger partial charge >= 0.3 is 0 Å². The zero-order valence-electron chi connectivity index (χ0n) is 16.7. The molecule has 0 saturated heterocycles. The second-order valence-corrected chi connectivity index (χ2v) is 8.44. The van der Waals surface area contributed by atoms with Crippen molar-refractivity contribution in [2.24, 2.45) is 0 Å². The van der Waals surface area contributed by atoms with Crippen molar-refractivity contribution in [2.45, 2.75) is 24.3 Å². The second kappa shape index (κ2) is 9.63. The van der Waals surface area contributed by atoms with Gasteiger partial charge in [0, 0.05) is 35.7 Å². The minimum absolute atomic E-state index is 0.00364.